The Morgan fingerprint density at radius 3 is 1.58 bits per heavy atom. The van der Waals surface area contributed by atoms with E-state index in [9.17, 15) is 4.79 Å². The largest absolute Gasteiger partial charge is 0.425 e. The van der Waals surface area contributed by atoms with Gasteiger partial charge in [-0.25, -0.2) is 4.79 Å². The maximum Gasteiger partial charge on any atom is 0.330 e. The third kappa shape index (κ3) is 2.24. The van der Waals surface area contributed by atoms with Crippen LogP contribution in [0.3, 0.4) is 0 Å². The Balaban J connectivity index is 1.94. The van der Waals surface area contributed by atoms with Crippen LogP contribution in [0.25, 0.3) is 5.76 Å². The van der Waals surface area contributed by atoms with E-state index in [4.69, 9.17) is 4.74 Å². The summed E-state index contributed by atoms with van der Waals surface area (Å²) in [6.45, 7) is 0. The van der Waals surface area contributed by atoms with Gasteiger partial charge in [0.25, 0.3) is 0 Å². The van der Waals surface area contributed by atoms with Crippen LogP contribution in [0.2, 0.25) is 0 Å². The number of carbonyl (C=O) groups excluding carboxylic acids is 1. The van der Waals surface area contributed by atoms with E-state index in [2.05, 4.69) is 0 Å². The first-order valence-electron chi connectivity index (χ1n) is 7.92. The molecule has 0 bridgehead atoms. The molecule has 0 aromatic heterocycles. The zero-order valence-electron chi connectivity index (χ0n) is 13.1. The van der Waals surface area contributed by atoms with Crippen molar-refractivity contribution in [3.8, 4) is 0 Å². The molecule has 4 rings (SSSR count). The van der Waals surface area contributed by atoms with E-state index in [0.717, 1.165) is 16.7 Å². The molecule has 0 aliphatic carbocycles. The fourth-order valence-electron chi connectivity index (χ4n) is 3.18. The van der Waals surface area contributed by atoms with E-state index in [0.29, 0.717) is 5.76 Å². The SMILES string of the molecule is O=C1OC(c2ccccc2)=CC1(c1ccccc1)c1ccccc1. The molecule has 0 atom stereocenters. The first-order chi connectivity index (χ1) is 11.8. The molecular formula is C22H16O2. The van der Waals surface area contributed by atoms with Crippen molar-refractivity contribution in [3.05, 3.63) is 114 Å². The Kier molecular flexibility index (Phi) is 3.51. The van der Waals surface area contributed by atoms with Crippen molar-refractivity contribution >= 4 is 11.7 Å². The van der Waals surface area contributed by atoms with Gasteiger partial charge >= 0.3 is 5.97 Å². The van der Waals surface area contributed by atoms with Gasteiger partial charge in [0.2, 0.25) is 0 Å². The number of esters is 1. The molecule has 24 heavy (non-hydrogen) atoms. The van der Waals surface area contributed by atoms with Crippen LogP contribution in [0.4, 0.5) is 0 Å². The molecule has 3 aromatic rings. The Morgan fingerprint density at radius 2 is 1.08 bits per heavy atom. The molecule has 1 aliphatic heterocycles. The minimum atomic E-state index is -0.909. The van der Waals surface area contributed by atoms with E-state index in [1.54, 1.807) is 0 Å². The minimum absolute atomic E-state index is 0.265. The number of carbonyl (C=O) groups is 1. The first kappa shape index (κ1) is 14.5. The van der Waals surface area contributed by atoms with Gasteiger partial charge in [-0.15, -0.1) is 0 Å². The predicted octanol–water partition coefficient (Wildman–Crippen LogP) is 4.57. The lowest BCUT2D eigenvalue weighted by molar-refractivity contribution is -0.138. The molecule has 1 heterocycles. The number of hydrogen-bond donors (Lipinski definition) is 0. The fourth-order valence-corrected chi connectivity index (χ4v) is 3.18. The van der Waals surface area contributed by atoms with Gasteiger partial charge in [0.15, 0.2) is 0 Å². The summed E-state index contributed by atoms with van der Waals surface area (Å²) in [5, 5.41) is 0. The van der Waals surface area contributed by atoms with Gasteiger partial charge in [0, 0.05) is 5.56 Å². The van der Waals surface area contributed by atoms with E-state index < -0.39 is 5.41 Å². The predicted molar refractivity (Wildman–Crippen MR) is 94.2 cm³/mol. The maximum absolute atomic E-state index is 13.0. The van der Waals surface area contributed by atoms with Gasteiger partial charge in [-0.1, -0.05) is 91.0 Å². The number of rotatable bonds is 3. The second-order valence-corrected chi connectivity index (χ2v) is 5.80. The molecule has 0 amide bonds. The molecule has 0 radical (unpaired) electrons. The molecule has 1 aliphatic rings. The Bertz CT molecular complexity index is 842. The summed E-state index contributed by atoms with van der Waals surface area (Å²) in [4.78, 5) is 13.0. The van der Waals surface area contributed by atoms with Crippen LogP contribution in [-0.2, 0) is 14.9 Å². The Hall–Kier alpha value is -3.13. The Morgan fingerprint density at radius 1 is 0.625 bits per heavy atom. The number of benzene rings is 3. The number of hydrogen-bond acceptors (Lipinski definition) is 2. The van der Waals surface area contributed by atoms with Gasteiger partial charge in [0.1, 0.15) is 11.2 Å². The summed E-state index contributed by atoms with van der Waals surface area (Å²) in [7, 11) is 0. The zero-order valence-corrected chi connectivity index (χ0v) is 13.1. The average molecular weight is 312 g/mol. The van der Waals surface area contributed by atoms with Crippen LogP contribution >= 0.6 is 0 Å². The van der Waals surface area contributed by atoms with Crippen molar-refractivity contribution in [3.63, 3.8) is 0 Å². The highest BCUT2D eigenvalue weighted by atomic mass is 16.5. The molecule has 0 saturated heterocycles. The summed E-state index contributed by atoms with van der Waals surface area (Å²) in [6.07, 6.45) is 1.94. The number of cyclic esters (lactones) is 1. The van der Waals surface area contributed by atoms with Crippen LogP contribution in [0.15, 0.2) is 97.1 Å². The van der Waals surface area contributed by atoms with E-state index in [1.165, 1.54) is 0 Å². The summed E-state index contributed by atoms with van der Waals surface area (Å²) < 4.78 is 5.69. The first-order valence-corrected chi connectivity index (χ1v) is 7.92. The quantitative estimate of drug-likeness (QED) is 0.662. The van der Waals surface area contributed by atoms with Crippen LogP contribution in [0.1, 0.15) is 16.7 Å². The van der Waals surface area contributed by atoms with Gasteiger partial charge in [-0.2, -0.15) is 0 Å². The Labute approximate surface area is 141 Å². The highest BCUT2D eigenvalue weighted by molar-refractivity contribution is 5.99. The summed E-state index contributed by atoms with van der Waals surface area (Å²) in [5.41, 5.74) is 1.81. The lowest BCUT2D eigenvalue weighted by atomic mass is 9.75. The second kappa shape index (κ2) is 5.82. The second-order valence-electron chi connectivity index (χ2n) is 5.80. The minimum Gasteiger partial charge on any atom is -0.425 e. The highest BCUT2D eigenvalue weighted by Crippen LogP contribution is 2.43. The fraction of sp³-hybridized carbons (Fsp3) is 0.0455. The lowest BCUT2D eigenvalue weighted by Gasteiger charge is -2.24. The third-order valence-electron chi connectivity index (χ3n) is 4.39. The monoisotopic (exact) mass is 312 g/mol. The molecule has 2 nitrogen and oxygen atoms in total. The summed E-state index contributed by atoms with van der Waals surface area (Å²) in [6, 6.07) is 29.3. The van der Waals surface area contributed by atoms with Crippen molar-refractivity contribution in [2.45, 2.75) is 5.41 Å². The van der Waals surface area contributed by atoms with Crippen molar-refractivity contribution in [1.82, 2.24) is 0 Å². The van der Waals surface area contributed by atoms with Gasteiger partial charge in [-0.05, 0) is 17.2 Å². The molecule has 0 unspecified atom stereocenters. The lowest BCUT2D eigenvalue weighted by Crippen LogP contribution is -2.32. The standard InChI is InChI=1S/C22H16O2/c23-21-22(18-12-6-2-7-13-18,19-14-8-3-9-15-19)16-20(24-21)17-10-4-1-5-11-17/h1-16H. The molecule has 116 valence electrons. The highest BCUT2D eigenvalue weighted by Gasteiger charge is 2.47. The van der Waals surface area contributed by atoms with E-state index >= 15 is 0 Å². The van der Waals surface area contributed by atoms with Crippen LogP contribution in [0, 0.1) is 0 Å². The van der Waals surface area contributed by atoms with Crippen molar-refractivity contribution in [2.75, 3.05) is 0 Å². The summed E-state index contributed by atoms with van der Waals surface area (Å²) in [5.74, 6) is 0.340. The number of ether oxygens (including phenoxy) is 1. The van der Waals surface area contributed by atoms with Crippen molar-refractivity contribution in [1.29, 1.82) is 0 Å². The molecular weight excluding hydrogens is 296 g/mol. The molecule has 3 aromatic carbocycles. The molecule has 0 N–H and O–H groups in total. The molecule has 0 spiro atoms. The topological polar surface area (TPSA) is 26.3 Å². The smallest absolute Gasteiger partial charge is 0.330 e. The van der Waals surface area contributed by atoms with Crippen molar-refractivity contribution < 1.29 is 9.53 Å². The van der Waals surface area contributed by atoms with Gasteiger partial charge in [0.05, 0.1) is 0 Å². The van der Waals surface area contributed by atoms with Crippen LogP contribution in [0.5, 0.6) is 0 Å². The van der Waals surface area contributed by atoms with Crippen LogP contribution < -0.4 is 0 Å². The summed E-state index contributed by atoms with van der Waals surface area (Å²) >= 11 is 0. The molecule has 2 heteroatoms. The van der Waals surface area contributed by atoms with Gasteiger partial charge in [-0.3, -0.25) is 0 Å². The molecule has 0 saturated carbocycles. The third-order valence-corrected chi connectivity index (χ3v) is 4.39. The zero-order chi connectivity index (χ0) is 16.4. The molecule has 0 fully saturated rings. The van der Waals surface area contributed by atoms with E-state index in [-0.39, 0.29) is 5.97 Å². The average Bonchev–Trinajstić information content (AvgIpc) is 3.02. The van der Waals surface area contributed by atoms with E-state index in [1.807, 2.05) is 97.1 Å². The van der Waals surface area contributed by atoms with Crippen molar-refractivity contribution in [2.24, 2.45) is 0 Å². The normalized spacial score (nSPS) is 15.7. The van der Waals surface area contributed by atoms with Gasteiger partial charge < -0.3 is 4.74 Å². The maximum atomic E-state index is 13.0. The van der Waals surface area contributed by atoms with Crippen LogP contribution in [-0.4, -0.2) is 5.97 Å².